The normalized spacial score (nSPS) is 26.0. The Kier molecular flexibility index (Phi) is 3.26. The average Bonchev–Trinajstić information content (AvgIpc) is 2.98. The van der Waals surface area contributed by atoms with Crippen LogP contribution in [-0.2, 0) is 0 Å². The number of rotatable bonds is 2. The fraction of sp³-hybridized carbons (Fsp3) is 0.800. The molecule has 1 aromatic rings. The first-order valence-electron chi connectivity index (χ1n) is 5.50. The lowest BCUT2D eigenvalue weighted by atomic mass is 10.0. The van der Waals surface area contributed by atoms with E-state index < -0.39 is 0 Å². The SMILES string of the molecule is C1CCC(c2noc(C3CC3)n2)NC1.Cl. The second-order valence-corrected chi connectivity index (χ2v) is 4.27. The molecule has 1 atom stereocenters. The fourth-order valence-electron chi connectivity index (χ4n) is 1.96. The van der Waals surface area contributed by atoms with Gasteiger partial charge in [0.15, 0.2) is 5.82 Å². The molecule has 0 amide bonds. The van der Waals surface area contributed by atoms with E-state index in [2.05, 4.69) is 15.5 Å². The van der Waals surface area contributed by atoms with Gasteiger partial charge in [-0.25, -0.2) is 0 Å². The highest BCUT2D eigenvalue weighted by Gasteiger charge is 2.31. The van der Waals surface area contributed by atoms with Crippen LogP contribution in [0.15, 0.2) is 4.52 Å². The van der Waals surface area contributed by atoms with Crippen molar-refractivity contribution in [3.05, 3.63) is 11.7 Å². The van der Waals surface area contributed by atoms with Gasteiger partial charge in [0.2, 0.25) is 5.89 Å². The van der Waals surface area contributed by atoms with Crippen molar-refractivity contribution in [3.8, 4) is 0 Å². The van der Waals surface area contributed by atoms with Gasteiger partial charge in [-0.1, -0.05) is 11.6 Å². The van der Waals surface area contributed by atoms with Crippen molar-refractivity contribution < 1.29 is 4.52 Å². The predicted octanol–water partition coefficient (Wildman–Crippen LogP) is 2.18. The Morgan fingerprint density at radius 2 is 2.07 bits per heavy atom. The Hall–Kier alpha value is -0.610. The molecule has 1 saturated heterocycles. The third-order valence-electron chi connectivity index (χ3n) is 3.01. The number of nitrogens with zero attached hydrogens (tertiary/aromatic N) is 2. The molecule has 1 aliphatic carbocycles. The summed E-state index contributed by atoms with van der Waals surface area (Å²) < 4.78 is 5.24. The monoisotopic (exact) mass is 229 g/mol. The molecule has 5 heteroatoms. The second-order valence-electron chi connectivity index (χ2n) is 4.27. The summed E-state index contributed by atoms with van der Waals surface area (Å²) in [5.41, 5.74) is 0. The Morgan fingerprint density at radius 3 is 2.73 bits per heavy atom. The van der Waals surface area contributed by atoms with E-state index in [1.165, 1.54) is 25.7 Å². The molecule has 1 unspecified atom stereocenters. The molecule has 1 saturated carbocycles. The van der Waals surface area contributed by atoms with Crippen LogP contribution in [0.5, 0.6) is 0 Å². The summed E-state index contributed by atoms with van der Waals surface area (Å²) in [5.74, 6) is 2.29. The molecule has 0 bridgehead atoms. The van der Waals surface area contributed by atoms with Crippen LogP contribution in [0.4, 0.5) is 0 Å². The van der Waals surface area contributed by atoms with Crippen LogP contribution < -0.4 is 5.32 Å². The lowest BCUT2D eigenvalue weighted by Gasteiger charge is -2.19. The maximum atomic E-state index is 5.24. The van der Waals surface area contributed by atoms with Crippen LogP contribution in [0.3, 0.4) is 0 Å². The fourth-order valence-corrected chi connectivity index (χ4v) is 1.96. The van der Waals surface area contributed by atoms with Crippen molar-refractivity contribution in [3.63, 3.8) is 0 Å². The lowest BCUT2D eigenvalue weighted by Crippen LogP contribution is -2.27. The highest BCUT2D eigenvalue weighted by molar-refractivity contribution is 5.85. The standard InChI is InChI=1S/C10H15N3O.ClH/c1-2-6-11-8(3-1)9-12-10(14-13-9)7-4-5-7;/h7-8,11H,1-6H2;1H. The quantitative estimate of drug-likeness (QED) is 0.845. The first kappa shape index (κ1) is 10.9. The van der Waals surface area contributed by atoms with Crippen LogP contribution in [0.1, 0.15) is 55.8 Å². The zero-order valence-corrected chi connectivity index (χ0v) is 9.42. The molecule has 1 aliphatic heterocycles. The maximum absolute atomic E-state index is 5.24. The van der Waals surface area contributed by atoms with Gasteiger partial charge in [0.1, 0.15) is 0 Å². The summed E-state index contributed by atoms with van der Waals surface area (Å²) in [4.78, 5) is 4.46. The van der Waals surface area contributed by atoms with Crippen molar-refractivity contribution in [2.75, 3.05) is 6.54 Å². The smallest absolute Gasteiger partial charge is 0.229 e. The summed E-state index contributed by atoms with van der Waals surface area (Å²) in [6, 6.07) is 0.333. The third kappa shape index (κ3) is 2.32. The Labute approximate surface area is 95.2 Å². The van der Waals surface area contributed by atoms with Gasteiger partial charge in [-0.2, -0.15) is 4.98 Å². The number of hydrogen-bond donors (Lipinski definition) is 1. The molecule has 1 N–H and O–H groups in total. The second kappa shape index (κ2) is 4.49. The molecule has 0 aromatic carbocycles. The lowest BCUT2D eigenvalue weighted by molar-refractivity contribution is 0.349. The first-order chi connectivity index (χ1) is 6.93. The van der Waals surface area contributed by atoms with E-state index in [0.29, 0.717) is 12.0 Å². The van der Waals surface area contributed by atoms with Crippen LogP contribution in [0.2, 0.25) is 0 Å². The topological polar surface area (TPSA) is 51.0 Å². The van der Waals surface area contributed by atoms with Crippen LogP contribution in [0, 0.1) is 0 Å². The Balaban J connectivity index is 0.000000853. The molecule has 1 aromatic heterocycles. The number of hydrogen-bond acceptors (Lipinski definition) is 4. The summed E-state index contributed by atoms with van der Waals surface area (Å²) in [7, 11) is 0. The van der Waals surface area contributed by atoms with Crippen molar-refractivity contribution in [1.29, 1.82) is 0 Å². The first-order valence-corrected chi connectivity index (χ1v) is 5.50. The van der Waals surface area contributed by atoms with Gasteiger partial charge in [-0.05, 0) is 32.2 Å². The Bertz CT molecular complexity index is 318. The summed E-state index contributed by atoms with van der Waals surface area (Å²) in [6.07, 6.45) is 6.12. The third-order valence-corrected chi connectivity index (χ3v) is 3.01. The average molecular weight is 230 g/mol. The van der Waals surface area contributed by atoms with E-state index in [4.69, 9.17) is 4.52 Å². The highest BCUT2D eigenvalue weighted by Crippen LogP contribution is 2.39. The zero-order chi connectivity index (χ0) is 9.38. The minimum absolute atomic E-state index is 0. The van der Waals surface area contributed by atoms with Crippen LogP contribution in [-0.4, -0.2) is 16.7 Å². The van der Waals surface area contributed by atoms with Gasteiger partial charge in [0.25, 0.3) is 0 Å². The van der Waals surface area contributed by atoms with Gasteiger partial charge in [0, 0.05) is 5.92 Å². The van der Waals surface area contributed by atoms with E-state index in [-0.39, 0.29) is 12.4 Å². The van der Waals surface area contributed by atoms with Crippen LogP contribution in [0.25, 0.3) is 0 Å². The van der Waals surface area contributed by atoms with E-state index in [1.807, 2.05) is 0 Å². The maximum Gasteiger partial charge on any atom is 0.229 e. The molecule has 84 valence electrons. The number of aromatic nitrogens is 2. The van der Waals surface area contributed by atoms with Gasteiger partial charge in [-0.3, -0.25) is 0 Å². The molecule has 2 heterocycles. The number of halogens is 1. The number of piperidine rings is 1. The molecule has 3 rings (SSSR count). The van der Waals surface area contributed by atoms with Crippen molar-refractivity contribution >= 4 is 12.4 Å². The van der Waals surface area contributed by atoms with Gasteiger partial charge in [-0.15, -0.1) is 12.4 Å². The molecule has 15 heavy (non-hydrogen) atoms. The molecule has 0 radical (unpaired) electrons. The van der Waals surface area contributed by atoms with Crippen molar-refractivity contribution in [2.24, 2.45) is 0 Å². The summed E-state index contributed by atoms with van der Waals surface area (Å²) in [5, 5.41) is 7.48. The van der Waals surface area contributed by atoms with E-state index in [1.54, 1.807) is 0 Å². The largest absolute Gasteiger partial charge is 0.339 e. The highest BCUT2D eigenvalue weighted by atomic mass is 35.5. The molecule has 4 nitrogen and oxygen atoms in total. The molecule has 2 aliphatic rings. The molecule has 2 fully saturated rings. The van der Waals surface area contributed by atoms with Crippen molar-refractivity contribution in [1.82, 2.24) is 15.5 Å². The van der Waals surface area contributed by atoms with Gasteiger partial charge < -0.3 is 9.84 Å². The molecular weight excluding hydrogens is 214 g/mol. The summed E-state index contributed by atoms with van der Waals surface area (Å²) >= 11 is 0. The van der Waals surface area contributed by atoms with E-state index in [0.717, 1.165) is 24.7 Å². The van der Waals surface area contributed by atoms with Gasteiger partial charge in [0.05, 0.1) is 6.04 Å². The van der Waals surface area contributed by atoms with E-state index in [9.17, 15) is 0 Å². The predicted molar refractivity (Wildman–Crippen MR) is 58.1 cm³/mol. The zero-order valence-electron chi connectivity index (χ0n) is 8.61. The van der Waals surface area contributed by atoms with Crippen LogP contribution >= 0.6 is 12.4 Å². The van der Waals surface area contributed by atoms with Gasteiger partial charge >= 0.3 is 0 Å². The molecule has 0 spiro atoms. The minimum atomic E-state index is 0. The minimum Gasteiger partial charge on any atom is -0.339 e. The van der Waals surface area contributed by atoms with Crippen molar-refractivity contribution in [2.45, 2.75) is 44.1 Å². The molecular formula is C10H16ClN3O. The van der Waals surface area contributed by atoms with E-state index >= 15 is 0 Å². The Morgan fingerprint density at radius 1 is 1.20 bits per heavy atom. The summed E-state index contributed by atoms with van der Waals surface area (Å²) in [6.45, 7) is 1.08. The number of nitrogens with one attached hydrogen (secondary N) is 1.